The van der Waals surface area contributed by atoms with Crippen molar-refractivity contribution in [2.45, 2.75) is 38.6 Å². The van der Waals surface area contributed by atoms with Crippen molar-refractivity contribution >= 4 is 28.7 Å². The van der Waals surface area contributed by atoms with E-state index in [9.17, 15) is 10.1 Å². The second-order valence-corrected chi connectivity index (χ2v) is 5.68. The first-order valence-electron chi connectivity index (χ1n) is 6.88. The van der Waals surface area contributed by atoms with Crippen LogP contribution in [0.5, 0.6) is 0 Å². The SMILES string of the molecule is C[C@@H]1CCCC[C@@H]1NC(=S)Nc1ccc([N+](=O)[O-])cc1. The van der Waals surface area contributed by atoms with E-state index in [1.807, 2.05) is 0 Å². The Bertz CT molecular complexity index is 490. The van der Waals surface area contributed by atoms with Crippen LogP contribution in [0.4, 0.5) is 11.4 Å². The summed E-state index contributed by atoms with van der Waals surface area (Å²) in [6.07, 6.45) is 4.91. The van der Waals surface area contributed by atoms with Gasteiger partial charge in [0.2, 0.25) is 0 Å². The molecule has 0 unspecified atom stereocenters. The standard InChI is InChI=1S/C14H19N3O2S/c1-10-4-2-3-5-13(10)16-14(20)15-11-6-8-12(9-7-11)17(18)19/h6-10,13H,2-5H2,1H3,(H2,15,16,20)/t10-,13+/m1/s1. The number of anilines is 1. The quantitative estimate of drug-likeness (QED) is 0.507. The van der Waals surface area contributed by atoms with Crippen LogP contribution in [-0.2, 0) is 0 Å². The minimum atomic E-state index is -0.413. The van der Waals surface area contributed by atoms with Crippen molar-refractivity contribution < 1.29 is 4.92 Å². The van der Waals surface area contributed by atoms with Gasteiger partial charge in [0.15, 0.2) is 5.11 Å². The second kappa shape index (κ2) is 6.65. The fraction of sp³-hybridized carbons (Fsp3) is 0.500. The largest absolute Gasteiger partial charge is 0.359 e. The van der Waals surface area contributed by atoms with Gasteiger partial charge in [-0.3, -0.25) is 10.1 Å². The van der Waals surface area contributed by atoms with Gasteiger partial charge in [0, 0.05) is 23.9 Å². The number of non-ortho nitro benzene ring substituents is 1. The third kappa shape index (κ3) is 3.90. The highest BCUT2D eigenvalue weighted by Crippen LogP contribution is 2.24. The summed E-state index contributed by atoms with van der Waals surface area (Å²) in [4.78, 5) is 10.2. The second-order valence-electron chi connectivity index (χ2n) is 5.27. The molecule has 0 heterocycles. The van der Waals surface area contributed by atoms with E-state index in [0.29, 0.717) is 17.1 Å². The van der Waals surface area contributed by atoms with Crippen LogP contribution in [0.3, 0.4) is 0 Å². The molecular weight excluding hydrogens is 274 g/mol. The molecule has 0 bridgehead atoms. The molecule has 1 aromatic rings. The van der Waals surface area contributed by atoms with Gasteiger partial charge in [-0.05, 0) is 43.1 Å². The van der Waals surface area contributed by atoms with Crippen molar-refractivity contribution in [3.63, 3.8) is 0 Å². The van der Waals surface area contributed by atoms with E-state index in [1.54, 1.807) is 12.1 Å². The summed E-state index contributed by atoms with van der Waals surface area (Å²) in [6, 6.07) is 6.68. The lowest BCUT2D eigenvalue weighted by Crippen LogP contribution is -2.43. The topological polar surface area (TPSA) is 67.2 Å². The summed E-state index contributed by atoms with van der Waals surface area (Å²) in [5, 5.41) is 17.6. The minimum absolute atomic E-state index is 0.0790. The third-order valence-corrected chi connectivity index (χ3v) is 3.98. The van der Waals surface area contributed by atoms with Crippen LogP contribution >= 0.6 is 12.2 Å². The number of nitro benzene ring substituents is 1. The predicted octanol–water partition coefficient (Wildman–Crippen LogP) is 3.46. The van der Waals surface area contributed by atoms with Crippen molar-refractivity contribution in [1.82, 2.24) is 5.32 Å². The normalized spacial score (nSPS) is 22.1. The molecule has 108 valence electrons. The van der Waals surface area contributed by atoms with Crippen LogP contribution in [0, 0.1) is 16.0 Å². The highest BCUT2D eigenvalue weighted by Gasteiger charge is 2.21. The molecule has 1 aliphatic rings. The van der Waals surface area contributed by atoms with Crippen LogP contribution in [0.2, 0.25) is 0 Å². The first-order valence-corrected chi connectivity index (χ1v) is 7.29. The van der Waals surface area contributed by atoms with Crippen molar-refractivity contribution in [2.75, 3.05) is 5.32 Å². The molecule has 0 saturated heterocycles. The fourth-order valence-electron chi connectivity index (χ4n) is 2.53. The van der Waals surface area contributed by atoms with E-state index in [0.717, 1.165) is 12.1 Å². The molecule has 1 aromatic carbocycles. The Balaban J connectivity index is 1.89. The van der Waals surface area contributed by atoms with Gasteiger partial charge in [0.25, 0.3) is 5.69 Å². The molecule has 0 aromatic heterocycles. The summed E-state index contributed by atoms with van der Waals surface area (Å²) < 4.78 is 0. The van der Waals surface area contributed by atoms with Gasteiger partial charge in [0.05, 0.1) is 4.92 Å². The lowest BCUT2D eigenvalue weighted by molar-refractivity contribution is -0.384. The molecule has 20 heavy (non-hydrogen) atoms. The van der Waals surface area contributed by atoms with Crippen molar-refractivity contribution in [3.05, 3.63) is 34.4 Å². The number of hydrogen-bond donors (Lipinski definition) is 2. The molecule has 1 aliphatic carbocycles. The molecule has 1 saturated carbocycles. The molecular formula is C14H19N3O2S. The highest BCUT2D eigenvalue weighted by molar-refractivity contribution is 7.80. The monoisotopic (exact) mass is 293 g/mol. The molecule has 1 fully saturated rings. The zero-order valence-electron chi connectivity index (χ0n) is 11.5. The molecule has 0 aliphatic heterocycles. The fourth-order valence-corrected chi connectivity index (χ4v) is 2.80. The smallest absolute Gasteiger partial charge is 0.269 e. The van der Waals surface area contributed by atoms with E-state index in [-0.39, 0.29) is 5.69 Å². The Morgan fingerprint density at radius 1 is 1.30 bits per heavy atom. The Morgan fingerprint density at radius 2 is 1.95 bits per heavy atom. The first-order chi connectivity index (χ1) is 9.56. The molecule has 2 N–H and O–H groups in total. The Labute approximate surface area is 123 Å². The zero-order chi connectivity index (χ0) is 14.5. The average Bonchev–Trinajstić information content (AvgIpc) is 2.42. The van der Waals surface area contributed by atoms with Crippen LogP contribution in [0.1, 0.15) is 32.6 Å². The van der Waals surface area contributed by atoms with E-state index in [1.165, 1.54) is 31.4 Å². The van der Waals surface area contributed by atoms with Crippen LogP contribution in [0.25, 0.3) is 0 Å². The minimum Gasteiger partial charge on any atom is -0.359 e. The van der Waals surface area contributed by atoms with E-state index in [2.05, 4.69) is 17.6 Å². The summed E-state index contributed by atoms with van der Waals surface area (Å²) in [6.45, 7) is 2.24. The Morgan fingerprint density at radius 3 is 2.55 bits per heavy atom. The highest BCUT2D eigenvalue weighted by atomic mass is 32.1. The van der Waals surface area contributed by atoms with Crippen molar-refractivity contribution in [3.8, 4) is 0 Å². The Kier molecular flexibility index (Phi) is 4.89. The third-order valence-electron chi connectivity index (χ3n) is 3.76. The summed E-state index contributed by atoms with van der Waals surface area (Å²) >= 11 is 5.30. The molecule has 0 amide bonds. The van der Waals surface area contributed by atoms with E-state index >= 15 is 0 Å². The summed E-state index contributed by atoms with van der Waals surface area (Å²) in [7, 11) is 0. The van der Waals surface area contributed by atoms with Gasteiger partial charge in [-0.1, -0.05) is 19.8 Å². The number of nitrogens with one attached hydrogen (secondary N) is 2. The van der Waals surface area contributed by atoms with E-state index < -0.39 is 4.92 Å². The van der Waals surface area contributed by atoms with Crippen LogP contribution in [-0.4, -0.2) is 16.1 Å². The maximum absolute atomic E-state index is 10.6. The van der Waals surface area contributed by atoms with Gasteiger partial charge in [0.1, 0.15) is 0 Å². The maximum Gasteiger partial charge on any atom is 0.269 e. The predicted molar refractivity (Wildman–Crippen MR) is 83.9 cm³/mol. The van der Waals surface area contributed by atoms with Gasteiger partial charge in [-0.25, -0.2) is 0 Å². The number of hydrogen-bond acceptors (Lipinski definition) is 3. The number of thiocarbonyl (C=S) groups is 1. The molecule has 2 atom stereocenters. The maximum atomic E-state index is 10.6. The number of nitro groups is 1. The number of rotatable bonds is 3. The lowest BCUT2D eigenvalue weighted by Gasteiger charge is -2.30. The van der Waals surface area contributed by atoms with Crippen molar-refractivity contribution in [2.24, 2.45) is 5.92 Å². The van der Waals surface area contributed by atoms with Crippen molar-refractivity contribution in [1.29, 1.82) is 0 Å². The molecule has 5 nitrogen and oxygen atoms in total. The Hall–Kier alpha value is -1.69. The average molecular weight is 293 g/mol. The zero-order valence-corrected chi connectivity index (χ0v) is 12.3. The van der Waals surface area contributed by atoms with Gasteiger partial charge in [-0.15, -0.1) is 0 Å². The number of benzene rings is 1. The van der Waals surface area contributed by atoms with Gasteiger partial charge < -0.3 is 10.6 Å². The first kappa shape index (κ1) is 14.7. The van der Waals surface area contributed by atoms with Gasteiger partial charge >= 0.3 is 0 Å². The van der Waals surface area contributed by atoms with Crippen LogP contribution < -0.4 is 10.6 Å². The molecule has 2 rings (SSSR count). The van der Waals surface area contributed by atoms with Crippen LogP contribution in [0.15, 0.2) is 24.3 Å². The van der Waals surface area contributed by atoms with E-state index in [4.69, 9.17) is 12.2 Å². The molecule has 0 radical (unpaired) electrons. The lowest BCUT2D eigenvalue weighted by atomic mass is 9.86. The molecule has 0 spiro atoms. The summed E-state index contributed by atoms with van der Waals surface area (Å²) in [5.74, 6) is 0.625. The molecule has 6 heteroatoms. The summed E-state index contributed by atoms with van der Waals surface area (Å²) in [5.41, 5.74) is 0.840. The number of nitrogens with zero attached hydrogens (tertiary/aromatic N) is 1. The van der Waals surface area contributed by atoms with Gasteiger partial charge in [-0.2, -0.15) is 0 Å².